The summed E-state index contributed by atoms with van der Waals surface area (Å²) >= 11 is 0. The maximum absolute atomic E-state index is 8.94. The molecule has 0 spiro atoms. The van der Waals surface area contributed by atoms with Crippen LogP contribution in [-0.4, -0.2) is 64.5 Å². The summed E-state index contributed by atoms with van der Waals surface area (Å²) in [6, 6.07) is 0. The molecule has 0 saturated carbocycles. The zero-order valence-corrected chi connectivity index (χ0v) is 11.8. The maximum Gasteiger partial charge on any atom is 0.245 e. The fraction of sp³-hybridized carbons (Fsp3) is 0.769. The van der Waals surface area contributed by atoms with Crippen molar-refractivity contribution in [2.75, 3.05) is 44.2 Å². The Morgan fingerprint density at radius 3 is 2.26 bits per heavy atom. The van der Waals surface area contributed by atoms with Crippen LogP contribution >= 0.6 is 0 Å². The highest BCUT2D eigenvalue weighted by atomic mass is 16.3. The van der Waals surface area contributed by atoms with Crippen molar-refractivity contribution in [3.63, 3.8) is 0 Å². The standard InChI is InChI=1S/C13H23N5O/c1-3-11-12(4-2)15-16-13(14-11)18-7-5-17(6-8-18)9-10-19/h19H,3-10H2,1-2H3. The molecule has 2 rings (SSSR count). The number of β-amino-alcohol motifs (C(OH)–C–C–N with tert-alkyl or cyclic N) is 1. The lowest BCUT2D eigenvalue weighted by molar-refractivity contribution is 0.188. The minimum atomic E-state index is 0.225. The molecule has 0 atom stereocenters. The zero-order valence-electron chi connectivity index (χ0n) is 11.8. The highest BCUT2D eigenvalue weighted by Crippen LogP contribution is 2.13. The quantitative estimate of drug-likeness (QED) is 0.815. The number of aliphatic hydroxyl groups is 1. The topological polar surface area (TPSA) is 65.4 Å². The minimum Gasteiger partial charge on any atom is -0.395 e. The summed E-state index contributed by atoms with van der Waals surface area (Å²) in [6.45, 7) is 8.85. The van der Waals surface area contributed by atoms with E-state index in [2.05, 4.69) is 38.8 Å². The van der Waals surface area contributed by atoms with Crippen molar-refractivity contribution >= 4 is 5.95 Å². The van der Waals surface area contributed by atoms with Gasteiger partial charge in [0.05, 0.1) is 18.0 Å². The summed E-state index contributed by atoms with van der Waals surface area (Å²) < 4.78 is 0. The van der Waals surface area contributed by atoms with Crippen LogP contribution in [0.1, 0.15) is 25.2 Å². The highest BCUT2D eigenvalue weighted by Gasteiger charge is 2.19. The highest BCUT2D eigenvalue weighted by molar-refractivity contribution is 5.31. The molecule has 1 aromatic heterocycles. The Morgan fingerprint density at radius 2 is 1.68 bits per heavy atom. The van der Waals surface area contributed by atoms with Gasteiger partial charge in [-0.15, -0.1) is 5.10 Å². The van der Waals surface area contributed by atoms with Crippen molar-refractivity contribution < 1.29 is 5.11 Å². The lowest BCUT2D eigenvalue weighted by atomic mass is 10.2. The molecular weight excluding hydrogens is 242 g/mol. The number of aryl methyl sites for hydroxylation is 2. The molecule has 6 heteroatoms. The van der Waals surface area contributed by atoms with E-state index in [1.807, 2.05) is 0 Å². The SMILES string of the molecule is CCc1nnc(N2CCN(CCO)CC2)nc1CC. The van der Waals surface area contributed by atoms with Gasteiger partial charge in [-0.3, -0.25) is 4.90 Å². The number of rotatable bonds is 5. The number of aliphatic hydroxyl groups excluding tert-OH is 1. The summed E-state index contributed by atoms with van der Waals surface area (Å²) in [5.74, 6) is 0.748. The van der Waals surface area contributed by atoms with E-state index >= 15 is 0 Å². The van der Waals surface area contributed by atoms with Gasteiger partial charge in [-0.2, -0.15) is 5.10 Å². The van der Waals surface area contributed by atoms with Crippen LogP contribution in [0.15, 0.2) is 0 Å². The molecule has 1 aromatic rings. The fourth-order valence-electron chi connectivity index (χ4n) is 2.38. The Kier molecular flexibility index (Phi) is 5.04. The molecule has 0 bridgehead atoms. The lowest BCUT2D eigenvalue weighted by Crippen LogP contribution is -2.47. The fourth-order valence-corrected chi connectivity index (χ4v) is 2.38. The van der Waals surface area contributed by atoms with Gasteiger partial charge in [-0.25, -0.2) is 4.98 Å². The van der Waals surface area contributed by atoms with Gasteiger partial charge in [0.25, 0.3) is 0 Å². The van der Waals surface area contributed by atoms with Gasteiger partial charge in [0, 0.05) is 32.7 Å². The Balaban J connectivity index is 2.03. The molecule has 106 valence electrons. The van der Waals surface area contributed by atoms with E-state index in [9.17, 15) is 0 Å². The Morgan fingerprint density at radius 1 is 1.00 bits per heavy atom. The monoisotopic (exact) mass is 265 g/mol. The summed E-state index contributed by atoms with van der Waals surface area (Å²) in [5, 5.41) is 17.5. The van der Waals surface area contributed by atoms with Gasteiger partial charge in [-0.1, -0.05) is 13.8 Å². The largest absolute Gasteiger partial charge is 0.395 e. The summed E-state index contributed by atoms with van der Waals surface area (Å²) in [4.78, 5) is 9.08. The molecule has 0 aromatic carbocycles. The molecule has 6 nitrogen and oxygen atoms in total. The van der Waals surface area contributed by atoms with Gasteiger partial charge in [0.2, 0.25) is 5.95 Å². The third kappa shape index (κ3) is 3.39. The molecular formula is C13H23N5O. The van der Waals surface area contributed by atoms with E-state index in [1.165, 1.54) is 0 Å². The van der Waals surface area contributed by atoms with E-state index in [1.54, 1.807) is 0 Å². The van der Waals surface area contributed by atoms with Crippen LogP contribution in [0.4, 0.5) is 5.95 Å². The van der Waals surface area contributed by atoms with Gasteiger partial charge in [0.15, 0.2) is 0 Å². The third-order valence-corrected chi connectivity index (χ3v) is 3.57. The molecule has 1 N–H and O–H groups in total. The summed E-state index contributed by atoms with van der Waals surface area (Å²) in [7, 11) is 0. The van der Waals surface area contributed by atoms with Crippen LogP contribution in [0, 0.1) is 0 Å². The second-order valence-electron chi connectivity index (χ2n) is 4.76. The van der Waals surface area contributed by atoms with E-state index in [0.29, 0.717) is 0 Å². The molecule has 1 saturated heterocycles. The molecule has 19 heavy (non-hydrogen) atoms. The van der Waals surface area contributed by atoms with E-state index in [-0.39, 0.29) is 6.61 Å². The molecule has 0 radical (unpaired) electrons. The Hall–Kier alpha value is -1.27. The molecule has 1 aliphatic rings. The van der Waals surface area contributed by atoms with Crippen molar-refractivity contribution in [2.24, 2.45) is 0 Å². The number of nitrogens with zero attached hydrogens (tertiary/aromatic N) is 5. The van der Waals surface area contributed by atoms with E-state index in [0.717, 1.165) is 62.9 Å². The average molecular weight is 265 g/mol. The van der Waals surface area contributed by atoms with Gasteiger partial charge in [-0.05, 0) is 12.8 Å². The molecule has 0 unspecified atom stereocenters. The molecule has 0 aliphatic carbocycles. The van der Waals surface area contributed by atoms with Gasteiger partial charge in [0.1, 0.15) is 0 Å². The number of anilines is 1. The van der Waals surface area contributed by atoms with Crippen molar-refractivity contribution in [2.45, 2.75) is 26.7 Å². The first kappa shape index (κ1) is 14.1. The van der Waals surface area contributed by atoms with E-state index < -0.39 is 0 Å². The first-order chi connectivity index (χ1) is 9.28. The summed E-state index contributed by atoms with van der Waals surface area (Å²) in [5.41, 5.74) is 2.07. The van der Waals surface area contributed by atoms with Gasteiger partial charge < -0.3 is 10.0 Å². The maximum atomic E-state index is 8.94. The van der Waals surface area contributed by atoms with Crippen LogP contribution in [0.25, 0.3) is 0 Å². The second kappa shape index (κ2) is 6.77. The zero-order chi connectivity index (χ0) is 13.7. The summed E-state index contributed by atoms with van der Waals surface area (Å²) in [6.07, 6.45) is 1.78. The van der Waals surface area contributed by atoms with Crippen LogP contribution in [-0.2, 0) is 12.8 Å². The molecule has 0 amide bonds. The van der Waals surface area contributed by atoms with Crippen LogP contribution < -0.4 is 4.90 Å². The van der Waals surface area contributed by atoms with Crippen LogP contribution in [0.5, 0.6) is 0 Å². The average Bonchev–Trinajstić information content (AvgIpc) is 2.47. The molecule has 2 heterocycles. The Labute approximate surface area is 114 Å². The second-order valence-corrected chi connectivity index (χ2v) is 4.76. The molecule has 1 fully saturated rings. The van der Waals surface area contributed by atoms with Crippen molar-refractivity contribution in [3.05, 3.63) is 11.4 Å². The first-order valence-electron chi connectivity index (χ1n) is 7.09. The third-order valence-electron chi connectivity index (χ3n) is 3.57. The van der Waals surface area contributed by atoms with Crippen molar-refractivity contribution in [1.82, 2.24) is 20.1 Å². The molecule has 1 aliphatic heterocycles. The minimum absolute atomic E-state index is 0.225. The van der Waals surface area contributed by atoms with E-state index in [4.69, 9.17) is 5.11 Å². The number of aromatic nitrogens is 3. The first-order valence-corrected chi connectivity index (χ1v) is 7.09. The predicted octanol–water partition coefficient (Wildman–Crippen LogP) is 0.111. The lowest BCUT2D eigenvalue weighted by Gasteiger charge is -2.34. The number of piperazine rings is 1. The Bertz CT molecular complexity index is 404. The van der Waals surface area contributed by atoms with Gasteiger partial charge >= 0.3 is 0 Å². The number of hydrogen-bond acceptors (Lipinski definition) is 6. The van der Waals surface area contributed by atoms with Crippen molar-refractivity contribution in [1.29, 1.82) is 0 Å². The predicted molar refractivity (Wildman–Crippen MR) is 74.3 cm³/mol. The van der Waals surface area contributed by atoms with Crippen LogP contribution in [0.2, 0.25) is 0 Å². The van der Waals surface area contributed by atoms with Crippen molar-refractivity contribution in [3.8, 4) is 0 Å². The van der Waals surface area contributed by atoms with Crippen LogP contribution in [0.3, 0.4) is 0 Å². The normalized spacial score (nSPS) is 16.9. The smallest absolute Gasteiger partial charge is 0.245 e. The number of hydrogen-bond donors (Lipinski definition) is 1.